The van der Waals surface area contributed by atoms with E-state index in [1.165, 1.54) is 40.8 Å². The Labute approximate surface area is 117 Å². The Bertz CT molecular complexity index is 350. The van der Waals surface area contributed by atoms with E-state index in [2.05, 4.69) is 35.0 Å². The predicted octanol–water partition coefficient (Wildman–Crippen LogP) is 4.60. The summed E-state index contributed by atoms with van der Waals surface area (Å²) in [5, 5.41) is 0. The minimum atomic E-state index is 0.356. The molecule has 3 atom stereocenters. The molecule has 0 spiro atoms. The van der Waals surface area contributed by atoms with Gasteiger partial charge in [0.25, 0.3) is 0 Å². The molecule has 1 aliphatic carbocycles. The summed E-state index contributed by atoms with van der Waals surface area (Å²) in [4.78, 5) is 1.42. The summed E-state index contributed by atoms with van der Waals surface area (Å²) in [6.45, 7) is 2.31. The van der Waals surface area contributed by atoms with Crippen LogP contribution in [0.25, 0.3) is 0 Å². The molecular formula is C14H22BrNS. The number of nitrogens with two attached hydrogens (primary N) is 1. The van der Waals surface area contributed by atoms with Gasteiger partial charge < -0.3 is 5.73 Å². The van der Waals surface area contributed by atoms with Crippen LogP contribution in [0.3, 0.4) is 0 Å². The molecule has 2 rings (SSSR count). The molecule has 1 aliphatic rings. The zero-order chi connectivity index (χ0) is 12.3. The number of hydrogen-bond donors (Lipinski definition) is 1. The number of halogens is 1. The zero-order valence-electron chi connectivity index (χ0n) is 10.5. The van der Waals surface area contributed by atoms with Crippen LogP contribution in [-0.2, 0) is 6.42 Å². The minimum absolute atomic E-state index is 0.356. The Morgan fingerprint density at radius 1 is 1.47 bits per heavy atom. The van der Waals surface area contributed by atoms with E-state index in [4.69, 9.17) is 5.73 Å². The maximum Gasteiger partial charge on any atom is 0.0701 e. The lowest BCUT2D eigenvalue weighted by atomic mass is 9.76. The molecule has 96 valence electrons. The topological polar surface area (TPSA) is 26.0 Å². The van der Waals surface area contributed by atoms with Gasteiger partial charge in [0.1, 0.15) is 0 Å². The molecule has 0 amide bonds. The van der Waals surface area contributed by atoms with E-state index in [0.717, 1.165) is 18.3 Å². The highest BCUT2D eigenvalue weighted by atomic mass is 79.9. The fraction of sp³-hybridized carbons (Fsp3) is 0.714. The minimum Gasteiger partial charge on any atom is -0.327 e. The van der Waals surface area contributed by atoms with Crippen molar-refractivity contribution in [2.45, 2.75) is 51.5 Å². The van der Waals surface area contributed by atoms with E-state index in [9.17, 15) is 0 Å². The Morgan fingerprint density at radius 3 is 2.94 bits per heavy atom. The largest absolute Gasteiger partial charge is 0.327 e. The number of rotatable bonds is 4. The quantitative estimate of drug-likeness (QED) is 0.863. The first-order chi connectivity index (χ1) is 8.19. The Balaban J connectivity index is 1.88. The Morgan fingerprint density at radius 2 is 2.29 bits per heavy atom. The van der Waals surface area contributed by atoms with Gasteiger partial charge >= 0.3 is 0 Å². The second-order valence-corrected chi connectivity index (χ2v) is 7.82. The highest BCUT2D eigenvalue weighted by Crippen LogP contribution is 2.34. The summed E-state index contributed by atoms with van der Waals surface area (Å²) in [6.07, 6.45) is 7.87. The van der Waals surface area contributed by atoms with Crippen LogP contribution in [0.4, 0.5) is 0 Å². The van der Waals surface area contributed by atoms with Crippen molar-refractivity contribution < 1.29 is 0 Å². The molecule has 17 heavy (non-hydrogen) atoms. The van der Waals surface area contributed by atoms with Crippen molar-refractivity contribution >= 4 is 27.3 Å². The molecular weight excluding hydrogens is 294 g/mol. The summed E-state index contributed by atoms with van der Waals surface area (Å²) in [5.74, 6) is 1.67. The van der Waals surface area contributed by atoms with Crippen LogP contribution >= 0.6 is 27.3 Å². The van der Waals surface area contributed by atoms with Crippen LogP contribution in [0.15, 0.2) is 15.9 Å². The highest BCUT2D eigenvalue weighted by Gasteiger charge is 2.25. The van der Waals surface area contributed by atoms with Crippen molar-refractivity contribution in [3.8, 4) is 0 Å². The van der Waals surface area contributed by atoms with Crippen molar-refractivity contribution in [2.24, 2.45) is 17.6 Å². The fourth-order valence-corrected chi connectivity index (χ4v) is 4.51. The Hall–Kier alpha value is 0.140. The van der Waals surface area contributed by atoms with Crippen molar-refractivity contribution in [1.82, 2.24) is 0 Å². The molecule has 0 radical (unpaired) electrons. The van der Waals surface area contributed by atoms with Gasteiger partial charge in [0.15, 0.2) is 0 Å². The lowest BCUT2D eigenvalue weighted by molar-refractivity contribution is 0.229. The van der Waals surface area contributed by atoms with E-state index in [1.54, 1.807) is 0 Å². The second kappa shape index (κ2) is 6.35. The molecule has 0 bridgehead atoms. The summed E-state index contributed by atoms with van der Waals surface area (Å²) in [7, 11) is 0. The SMILES string of the molecule is CCC1CCCC(C(N)Cc2ccc(Br)s2)C1. The predicted molar refractivity (Wildman–Crippen MR) is 79.4 cm³/mol. The molecule has 1 aromatic heterocycles. The average molecular weight is 316 g/mol. The summed E-state index contributed by atoms with van der Waals surface area (Å²) in [5.41, 5.74) is 6.40. The first kappa shape index (κ1) is 13.6. The zero-order valence-corrected chi connectivity index (χ0v) is 12.9. The van der Waals surface area contributed by atoms with Crippen molar-refractivity contribution in [1.29, 1.82) is 0 Å². The van der Waals surface area contributed by atoms with E-state index >= 15 is 0 Å². The van der Waals surface area contributed by atoms with Crippen LogP contribution in [0.2, 0.25) is 0 Å². The third-order valence-corrected chi connectivity index (χ3v) is 5.72. The molecule has 0 aromatic carbocycles. The molecule has 3 unspecified atom stereocenters. The number of hydrogen-bond acceptors (Lipinski definition) is 2. The van der Waals surface area contributed by atoms with E-state index in [1.807, 2.05) is 11.3 Å². The van der Waals surface area contributed by atoms with Crippen molar-refractivity contribution in [3.05, 3.63) is 20.8 Å². The molecule has 1 aromatic rings. The van der Waals surface area contributed by atoms with Gasteiger partial charge in [-0.15, -0.1) is 11.3 Å². The number of thiophene rings is 1. The van der Waals surface area contributed by atoms with Gasteiger partial charge in [0.05, 0.1) is 3.79 Å². The highest BCUT2D eigenvalue weighted by molar-refractivity contribution is 9.11. The normalized spacial score (nSPS) is 27.0. The molecule has 1 fully saturated rings. The first-order valence-electron chi connectivity index (χ1n) is 6.68. The van der Waals surface area contributed by atoms with Gasteiger partial charge in [0, 0.05) is 10.9 Å². The molecule has 1 heterocycles. The third-order valence-electron chi connectivity index (χ3n) is 4.07. The van der Waals surface area contributed by atoms with Crippen LogP contribution in [-0.4, -0.2) is 6.04 Å². The van der Waals surface area contributed by atoms with E-state index < -0.39 is 0 Å². The average Bonchev–Trinajstić information content (AvgIpc) is 2.75. The van der Waals surface area contributed by atoms with Crippen molar-refractivity contribution in [2.75, 3.05) is 0 Å². The van der Waals surface area contributed by atoms with Gasteiger partial charge in [-0.3, -0.25) is 0 Å². The molecule has 3 heteroatoms. The second-order valence-electron chi connectivity index (χ2n) is 5.27. The van der Waals surface area contributed by atoms with Gasteiger partial charge in [-0.05, 0) is 59.2 Å². The summed E-state index contributed by atoms with van der Waals surface area (Å²) >= 11 is 5.34. The van der Waals surface area contributed by atoms with Gasteiger partial charge in [-0.2, -0.15) is 0 Å². The standard InChI is InChI=1S/C14H22BrNS/c1-2-10-4-3-5-11(8-10)13(16)9-12-6-7-14(15)17-12/h6-7,10-11,13H,2-5,8-9,16H2,1H3. The van der Waals surface area contributed by atoms with Crippen LogP contribution in [0.5, 0.6) is 0 Å². The molecule has 1 saturated carbocycles. The van der Waals surface area contributed by atoms with E-state index in [0.29, 0.717) is 6.04 Å². The van der Waals surface area contributed by atoms with E-state index in [-0.39, 0.29) is 0 Å². The lowest BCUT2D eigenvalue weighted by Gasteiger charge is -2.32. The fourth-order valence-electron chi connectivity index (χ4n) is 2.95. The molecule has 2 N–H and O–H groups in total. The monoisotopic (exact) mass is 315 g/mol. The van der Waals surface area contributed by atoms with Crippen LogP contribution in [0.1, 0.15) is 43.9 Å². The van der Waals surface area contributed by atoms with Crippen LogP contribution < -0.4 is 5.73 Å². The maximum atomic E-state index is 6.40. The lowest BCUT2D eigenvalue weighted by Crippen LogP contribution is -2.35. The third kappa shape index (κ3) is 3.80. The Kier molecular flexibility index (Phi) is 5.07. The molecule has 0 saturated heterocycles. The smallest absolute Gasteiger partial charge is 0.0701 e. The summed E-state index contributed by atoms with van der Waals surface area (Å²) in [6, 6.07) is 4.69. The van der Waals surface area contributed by atoms with Gasteiger partial charge in [-0.25, -0.2) is 0 Å². The van der Waals surface area contributed by atoms with Crippen LogP contribution in [0, 0.1) is 11.8 Å². The molecule has 1 nitrogen and oxygen atoms in total. The van der Waals surface area contributed by atoms with Crippen molar-refractivity contribution in [3.63, 3.8) is 0 Å². The van der Waals surface area contributed by atoms with Gasteiger partial charge in [0.2, 0.25) is 0 Å². The first-order valence-corrected chi connectivity index (χ1v) is 8.29. The maximum absolute atomic E-state index is 6.40. The van der Waals surface area contributed by atoms with Gasteiger partial charge in [-0.1, -0.05) is 26.2 Å². The summed E-state index contributed by atoms with van der Waals surface area (Å²) < 4.78 is 1.22. The molecule has 0 aliphatic heterocycles.